The zero-order valence-electron chi connectivity index (χ0n) is 11.6. The van der Waals surface area contributed by atoms with Crippen molar-refractivity contribution in [2.24, 2.45) is 7.05 Å². The first-order valence-corrected chi connectivity index (χ1v) is 6.61. The highest BCUT2D eigenvalue weighted by molar-refractivity contribution is 5.51. The Labute approximate surface area is 113 Å². The summed E-state index contributed by atoms with van der Waals surface area (Å²) in [7, 11) is 3.66. The highest BCUT2D eigenvalue weighted by Crippen LogP contribution is 2.36. The number of rotatable bonds is 3. The van der Waals surface area contributed by atoms with Gasteiger partial charge in [-0.3, -0.25) is 4.68 Å². The Bertz CT molecular complexity index is 603. The number of fused-ring (bicyclic) bond motifs is 1. The Kier molecular flexibility index (Phi) is 2.93. The fourth-order valence-electron chi connectivity index (χ4n) is 2.79. The molecule has 1 atom stereocenters. The van der Waals surface area contributed by atoms with Gasteiger partial charge in [-0.05, 0) is 43.0 Å². The molecule has 0 fully saturated rings. The van der Waals surface area contributed by atoms with E-state index in [0.717, 1.165) is 30.0 Å². The molecule has 0 amide bonds. The summed E-state index contributed by atoms with van der Waals surface area (Å²) in [6.07, 6.45) is 4.28. The molecule has 0 bridgehead atoms. The first-order valence-electron chi connectivity index (χ1n) is 6.61. The van der Waals surface area contributed by atoms with Crippen molar-refractivity contribution in [1.29, 1.82) is 0 Å². The number of nitrogens with zero attached hydrogens (tertiary/aromatic N) is 2. The van der Waals surface area contributed by atoms with Gasteiger partial charge in [0.1, 0.15) is 5.75 Å². The van der Waals surface area contributed by atoms with Gasteiger partial charge in [0.15, 0.2) is 0 Å². The van der Waals surface area contributed by atoms with E-state index in [-0.39, 0.29) is 0 Å². The fourth-order valence-corrected chi connectivity index (χ4v) is 2.79. The van der Waals surface area contributed by atoms with Crippen LogP contribution in [0.3, 0.4) is 0 Å². The Morgan fingerprint density at radius 2 is 2.26 bits per heavy atom. The molecule has 4 heteroatoms. The zero-order chi connectivity index (χ0) is 13.4. The second-order valence-corrected chi connectivity index (χ2v) is 5.10. The number of anilines is 1. The average Bonchev–Trinajstić information content (AvgIpc) is 2.93. The summed E-state index contributed by atoms with van der Waals surface area (Å²) in [6.45, 7) is 2.03. The quantitative estimate of drug-likeness (QED) is 0.919. The molecular weight excluding hydrogens is 238 g/mol. The number of aromatic nitrogens is 2. The van der Waals surface area contributed by atoms with Crippen molar-refractivity contribution in [2.45, 2.75) is 25.8 Å². The van der Waals surface area contributed by atoms with Crippen LogP contribution in [0.15, 0.2) is 24.4 Å². The van der Waals surface area contributed by atoms with E-state index in [1.54, 1.807) is 7.11 Å². The minimum atomic E-state index is 0.355. The molecule has 1 aromatic heterocycles. The molecule has 1 unspecified atom stereocenters. The summed E-state index contributed by atoms with van der Waals surface area (Å²) in [5.74, 6) is 0.926. The third-order valence-corrected chi connectivity index (χ3v) is 3.77. The van der Waals surface area contributed by atoms with Gasteiger partial charge in [0.2, 0.25) is 0 Å². The van der Waals surface area contributed by atoms with Crippen molar-refractivity contribution in [3.8, 4) is 5.75 Å². The normalized spacial score (nSPS) is 17.3. The lowest BCUT2D eigenvalue weighted by atomic mass is 10.1. The fraction of sp³-hybridized carbons (Fsp3) is 0.400. The number of ether oxygens (including phenoxy) is 1. The van der Waals surface area contributed by atoms with Crippen LogP contribution in [0, 0.1) is 6.92 Å². The number of benzene rings is 1. The predicted octanol–water partition coefficient (Wildman–Crippen LogP) is 2.84. The predicted molar refractivity (Wildman–Crippen MR) is 75.6 cm³/mol. The van der Waals surface area contributed by atoms with Crippen molar-refractivity contribution in [2.75, 3.05) is 12.4 Å². The van der Waals surface area contributed by atoms with Crippen LogP contribution in [0.5, 0.6) is 5.75 Å². The van der Waals surface area contributed by atoms with E-state index < -0.39 is 0 Å². The smallest absolute Gasteiger partial charge is 0.119 e. The third kappa shape index (κ3) is 2.18. The van der Waals surface area contributed by atoms with Crippen LogP contribution in [0.25, 0.3) is 0 Å². The minimum Gasteiger partial charge on any atom is -0.497 e. The van der Waals surface area contributed by atoms with Gasteiger partial charge in [0.05, 0.1) is 24.5 Å². The van der Waals surface area contributed by atoms with Gasteiger partial charge in [-0.15, -0.1) is 0 Å². The van der Waals surface area contributed by atoms with E-state index in [4.69, 9.17) is 4.74 Å². The molecule has 100 valence electrons. The van der Waals surface area contributed by atoms with Crippen LogP contribution < -0.4 is 10.1 Å². The lowest BCUT2D eigenvalue weighted by Crippen LogP contribution is -2.07. The molecule has 0 aliphatic heterocycles. The van der Waals surface area contributed by atoms with E-state index >= 15 is 0 Å². The van der Waals surface area contributed by atoms with Crippen LogP contribution in [-0.2, 0) is 13.5 Å². The second kappa shape index (κ2) is 4.61. The molecule has 0 saturated heterocycles. The van der Waals surface area contributed by atoms with Crippen LogP contribution in [-0.4, -0.2) is 16.9 Å². The molecule has 1 heterocycles. The SMILES string of the molecule is COc1ccc2c(c1)C(Nc1cn(C)nc1C)CC2. The molecule has 1 aliphatic rings. The number of methoxy groups -OCH3 is 1. The highest BCUT2D eigenvalue weighted by atomic mass is 16.5. The summed E-state index contributed by atoms with van der Waals surface area (Å²) in [5.41, 5.74) is 4.92. The van der Waals surface area contributed by atoms with E-state index in [0.29, 0.717) is 6.04 Å². The maximum atomic E-state index is 5.32. The molecule has 0 spiro atoms. The average molecular weight is 257 g/mol. The Morgan fingerprint density at radius 3 is 2.95 bits per heavy atom. The van der Waals surface area contributed by atoms with Crippen molar-refractivity contribution in [1.82, 2.24) is 9.78 Å². The van der Waals surface area contributed by atoms with Crippen molar-refractivity contribution in [3.05, 3.63) is 41.2 Å². The van der Waals surface area contributed by atoms with Gasteiger partial charge < -0.3 is 10.1 Å². The number of nitrogens with one attached hydrogen (secondary N) is 1. The number of hydrogen-bond donors (Lipinski definition) is 1. The van der Waals surface area contributed by atoms with Gasteiger partial charge in [-0.2, -0.15) is 5.10 Å². The van der Waals surface area contributed by atoms with Gasteiger partial charge in [0.25, 0.3) is 0 Å². The van der Waals surface area contributed by atoms with Gasteiger partial charge in [0, 0.05) is 13.2 Å². The Hall–Kier alpha value is -1.97. The number of hydrogen-bond acceptors (Lipinski definition) is 3. The molecule has 0 saturated carbocycles. The van der Waals surface area contributed by atoms with Crippen molar-refractivity contribution < 1.29 is 4.74 Å². The summed E-state index contributed by atoms with van der Waals surface area (Å²) in [6, 6.07) is 6.71. The Morgan fingerprint density at radius 1 is 1.42 bits per heavy atom. The van der Waals surface area contributed by atoms with E-state index in [9.17, 15) is 0 Å². The lowest BCUT2D eigenvalue weighted by Gasteiger charge is -2.15. The maximum Gasteiger partial charge on any atom is 0.119 e. The van der Waals surface area contributed by atoms with Crippen LogP contribution in [0.4, 0.5) is 5.69 Å². The molecule has 3 rings (SSSR count). The van der Waals surface area contributed by atoms with Gasteiger partial charge >= 0.3 is 0 Å². The van der Waals surface area contributed by atoms with Gasteiger partial charge in [-0.25, -0.2) is 0 Å². The molecule has 1 N–H and O–H groups in total. The molecule has 2 aromatic rings. The Balaban J connectivity index is 1.87. The van der Waals surface area contributed by atoms with Crippen LogP contribution in [0.2, 0.25) is 0 Å². The lowest BCUT2D eigenvalue weighted by molar-refractivity contribution is 0.414. The van der Waals surface area contributed by atoms with Crippen LogP contribution in [0.1, 0.15) is 29.3 Å². The monoisotopic (exact) mass is 257 g/mol. The van der Waals surface area contributed by atoms with E-state index in [1.807, 2.05) is 30.9 Å². The minimum absolute atomic E-state index is 0.355. The standard InChI is InChI=1S/C15H19N3O/c1-10-15(9-18(2)17-10)16-14-7-5-11-4-6-12(19-3)8-13(11)14/h4,6,8-9,14,16H,5,7H2,1-3H3. The first-order chi connectivity index (χ1) is 9.17. The summed E-state index contributed by atoms with van der Waals surface area (Å²) >= 11 is 0. The maximum absolute atomic E-state index is 5.32. The molecule has 0 radical (unpaired) electrons. The first kappa shape index (κ1) is 12.1. The van der Waals surface area contributed by atoms with Crippen LogP contribution >= 0.6 is 0 Å². The molecule has 19 heavy (non-hydrogen) atoms. The topological polar surface area (TPSA) is 39.1 Å². The largest absolute Gasteiger partial charge is 0.497 e. The highest BCUT2D eigenvalue weighted by Gasteiger charge is 2.23. The third-order valence-electron chi connectivity index (χ3n) is 3.77. The van der Waals surface area contributed by atoms with Crippen molar-refractivity contribution >= 4 is 5.69 Å². The van der Waals surface area contributed by atoms with E-state index in [1.165, 1.54) is 11.1 Å². The van der Waals surface area contributed by atoms with E-state index in [2.05, 4.69) is 22.5 Å². The van der Waals surface area contributed by atoms with Crippen molar-refractivity contribution in [3.63, 3.8) is 0 Å². The zero-order valence-corrected chi connectivity index (χ0v) is 11.6. The summed E-state index contributed by atoms with van der Waals surface area (Å²) in [5, 5.41) is 7.97. The molecule has 1 aromatic carbocycles. The molecular formula is C15H19N3O. The summed E-state index contributed by atoms with van der Waals surface area (Å²) in [4.78, 5) is 0. The number of aryl methyl sites for hydroxylation is 3. The molecule has 4 nitrogen and oxygen atoms in total. The molecule has 1 aliphatic carbocycles. The second-order valence-electron chi connectivity index (χ2n) is 5.10. The van der Waals surface area contributed by atoms with Gasteiger partial charge in [-0.1, -0.05) is 6.07 Å². The summed E-state index contributed by atoms with van der Waals surface area (Å²) < 4.78 is 7.17.